The Bertz CT molecular complexity index is 1370. The highest BCUT2D eigenvalue weighted by atomic mass is 32.1. The average molecular weight is 502 g/mol. The van der Waals surface area contributed by atoms with Crippen molar-refractivity contribution in [2.75, 3.05) is 26.8 Å². The number of ketones is 1. The van der Waals surface area contributed by atoms with Gasteiger partial charge >= 0.3 is 0 Å². The number of phenolic OH excluding ortho intramolecular Hbond substituents is 1. The van der Waals surface area contributed by atoms with Gasteiger partial charge in [0.25, 0.3) is 0 Å². The second-order valence-electron chi connectivity index (χ2n) is 9.41. The third kappa shape index (κ3) is 5.40. The van der Waals surface area contributed by atoms with Crippen LogP contribution in [0.25, 0.3) is 20.5 Å². The second kappa shape index (κ2) is 10.7. The molecule has 1 fully saturated rings. The Morgan fingerprint density at radius 2 is 1.81 bits per heavy atom. The van der Waals surface area contributed by atoms with Gasteiger partial charge in [-0.2, -0.15) is 0 Å². The smallest absolute Gasteiger partial charge is 0.167 e. The van der Waals surface area contributed by atoms with Gasteiger partial charge in [0.05, 0.1) is 7.11 Å². The summed E-state index contributed by atoms with van der Waals surface area (Å²) in [5.41, 5.74) is 4.72. The number of fused-ring (bicyclic) bond motifs is 1. The van der Waals surface area contributed by atoms with E-state index in [0.29, 0.717) is 5.75 Å². The highest BCUT2D eigenvalue weighted by molar-refractivity contribution is 7.22. The maximum Gasteiger partial charge on any atom is 0.167 e. The fraction of sp³-hybridized carbons (Fsp3) is 0.300. The minimum atomic E-state index is -0.00690. The fourth-order valence-corrected chi connectivity index (χ4v) is 6.11. The highest BCUT2D eigenvalue weighted by Crippen LogP contribution is 2.42. The first kappa shape index (κ1) is 24.3. The van der Waals surface area contributed by atoms with Crippen LogP contribution >= 0.6 is 11.3 Å². The van der Waals surface area contributed by atoms with Gasteiger partial charge in [-0.15, -0.1) is 11.3 Å². The average Bonchev–Trinajstić information content (AvgIpc) is 3.51. The molecule has 0 unspecified atom stereocenters. The molecule has 1 aromatic heterocycles. The van der Waals surface area contributed by atoms with Crippen molar-refractivity contribution in [1.29, 1.82) is 0 Å². The first-order valence-corrected chi connectivity index (χ1v) is 13.2. The molecule has 4 aromatic rings. The van der Waals surface area contributed by atoms with Crippen LogP contribution in [0.5, 0.6) is 17.2 Å². The van der Waals surface area contributed by atoms with Crippen LogP contribution in [0.1, 0.15) is 36.5 Å². The predicted molar refractivity (Wildman–Crippen MR) is 145 cm³/mol. The van der Waals surface area contributed by atoms with E-state index in [-0.39, 0.29) is 18.1 Å². The number of nitrogens with zero attached hydrogens (tertiary/aromatic N) is 1. The van der Waals surface area contributed by atoms with Crippen molar-refractivity contribution in [3.05, 3.63) is 77.4 Å². The number of carbonyl (C=O) groups excluding carboxylic acids is 1. The van der Waals surface area contributed by atoms with Crippen LogP contribution in [0.3, 0.4) is 0 Å². The van der Waals surface area contributed by atoms with Crippen LogP contribution < -0.4 is 9.47 Å². The Balaban J connectivity index is 1.47. The monoisotopic (exact) mass is 501 g/mol. The van der Waals surface area contributed by atoms with Crippen molar-refractivity contribution in [3.8, 4) is 27.7 Å². The van der Waals surface area contributed by atoms with Gasteiger partial charge in [0.1, 0.15) is 23.9 Å². The lowest BCUT2D eigenvalue weighted by Crippen LogP contribution is -2.18. The lowest BCUT2D eigenvalue weighted by atomic mass is 9.97. The van der Waals surface area contributed by atoms with Crippen molar-refractivity contribution in [1.82, 2.24) is 4.90 Å². The molecule has 0 amide bonds. The molecule has 1 aliphatic rings. The number of hydrogen-bond donors (Lipinski definition) is 1. The van der Waals surface area contributed by atoms with Gasteiger partial charge in [0, 0.05) is 21.7 Å². The van der Waals surface area contributed by atoms with Crippen LogP contribution in [0.2, 0.25) is 0 Å². The second-order valence-corrected chi connectivity index (χ2v) is 10.5. The zero-order valence-electron chi connectivity index (χ0n) is 20.8. The van der Waals surface area contributed by atoms with E-state index in [4.69, 9.17) is 9.47 Å². The van der Waals surface area contributed by atoms with Gasteiger partial charge in [-0.25, -0.2) is 0 Å². The van der Waals surface area contributed by atoms with E-state index in [0.717, 1.165) is 52.3 Å². The first-order chi connectivity index (χ1) is 17.5. The minimum Gasteiger partial charge on any atom is -0.508 e. The minimum absolute atomic E-state index is 0.00690. The van der Waals surface area contributed by atoms with Crippen molar-refractivity contribution in [3.63, 3.8) is 0 Å². The molecule has 0 saturated carbocycles. The highest BCUT2D eigenvalue weighted by Gasteiger charge is 2.18. The Morgan fingerprint density at radius 1 is 1.03 bits per heavy atom. The number of Topliss-reactive ketones (excluding diaryl/α,β-unsaturated/α-hetero) is 1. The molecule has 36 heavy (non-hydrogen) atoms. The molecular formula is C30H31NO4S. The molecule has 6 heteroatoms. The lowest BCUT2D eigenvalue weighted by Gasteiger charge is -2.18. The summed E-state index contributed by atoms with van der Waals surface area (Å²) in [6.07, 6.45) is 3.30. The summed E-state index contributed by atoms with van der Waals surface area (Å²) in [7, 11) is 1.75. The zero-order valence-corrected chi connectivity index (χ0v) is 21.6. The molecule has 5 nitrogen and oxygen atoms in total. The van der Waals surface area contributed by atoms with Crippen molar-refractivity contribution < 1.29 is 19.4 Å². The quantitative estimate of drug-likeness (QED) is 0.286. The number of methoxy groups -OCH3 is 1. The van der Waals surface area contributed by atoms with E-state index in [1.54, 1.807) is 24.5 Å². The van der Waals surface area contributed by atoms with E-state index >= 15 is 0 Å². The molecule has 186 valence electrons. The largest absolute Gasteiger partial charge is 0.508 e. The fourth-order valence-electron chi connectivity index (χ4n) is 4.85. The van der Waals surface area contributed by atoms with E-state index in [2.05, 4.69) is 23.1 Å². The third-order valence-electron chi connectivity index (χ3n) is 6.66. The van der Waals surface area contributed by atoms with Crippen molar-refractivity contribution >= 4 is 27.2 Å². The summed E-state index contributed by atoms with van der Waals surface area (Å²) in [4.78, 5) is 14.9. The Hall–Kier alpha value is -3.35. The standard InChI is InChI=1S/C30H31NO4S/c1-20(32)19-35-25-10-7-22(8-11-25)30-27(26-12-9-24(33)17-29(26)36-30)15-21-5-6-23(28(16-21)34-2)18-31-13-3-4-14-31/h5-12,16-17,33H,3-4,13-15,18-19H2,1-2H3. The molecule has 0 radical (unpaired) electrons. The zero-order chi connectivity index (χ0) is 25.1. The summed E-state index contributed by atoms with van der Waals surface area (Å²) in [5.74, 6) is 1.87. The number of ether oxygens (including phenoxy) is 2. The number of phenols is 1. The Morgan fingerprint density at radius 3 is 2.53 bits per heavy atom. The molecule has 0 bridgehead atoms. The maximum absolute atomic E-state index is 11.2. The predicted octanol–water partition coefficient (Wildman–Crippen LogP) is 6.44. The Kier molecular flexibility index (Phi) is 7.25. The van der Waals surface area contributed by atoms with Gasteiger partial charge in [-0.05, 0) is 110 Å². The van der Waals surface area contributed by atoms with Crippen molar-refractivity contribution in [2.45, 2.75) is 32.7 Å². The van der Waals surface area contributed by atoms with Crippen LogP contribution in [-0.2, 0) is 17.8 Å². The van der Waals surface area contributed by atoms with Gasteiger partial charge in [0.15, 0.2) is 5.78 Å². The van der Waals surface area contributed by atoms with Crippen molar-refractivity contribution in [2.24, 2.45) is 0 Å². The topological polar surface area (TPSA) is 59.0 Å². The molecule has 1 saturated heterocycles. The van der Waals surface area contributed by atoms with E-state index in [1.165, 1.54) is 36.5 Å². The third-order valence-corrected chi connectivity index (χ3v) is 7.90. The number of rotatable bonds is 9. The Labute approximate surface area is 215 Å². The SMILES string of the molecule is COc1cc(Cc2c(-c3ccc(OCC(C)=O)cc3)sc3cc(O)ccc23)ccc1CN1CCCC1. The van der Waals surface area contributed by atoms with Crippen LogP contribution in [0, 0.1) is 0 Å². The van der Waals surface area contributed by atoms with Gasteiger partial charge in [-0.1, -0.05) is 12.1 Å². The number of thiophene rings is 1. The molecule has 1 aliphatic heterocycles. The van der Waals surface area contributed by atoms with Crippen LogP contribution in [0.4, 0.5) is 0 Å². The molecule has 0 spiro atoms. The summed E-state index contributed by atoms with van der Waals surface area (Å²) in [6, 6.07) is 20.0. The normalized spacial score (nSPS) is 13.8. The molecule has 5 rings (SSSR count). The van der Waals surface area contributed by atoms with Crippen LogP contribution in [-0.4, -0.2) is 42.6 Å². The molecule has 0 atom stereocenters. The molecular weight excluding hydrogens is 470 g/mol. The maximum atomic E-state index is 11.2. The number of hydrogen-bond acceptors (Lipinski definition) is 6. The number of likely N-dealkylation sites (tertiary alicyclic amines) is 1. The summed E-state index contributed by atoms with van der Waals surface area (Å²) in [5, 5.41) is 11.2. The molecule has 1 N–H and O–H groups in total. The first-order valence-electron chi connectivity index (χ1n) is 12.4. The molecule has 0 aliphatic carbocycles. The van der Waals surface area contributed by atoms with Gasteiger partial charge < -0.3 is 14.6 Å². The van der Waals surface area contributed by atoms with E-state index in [9.17, 15) is 9.90 Å². The van der Waals surface area contributed by atoms with Crippen LogP contribution in [0.15, 0.2) is 60.7 Å². The van der Waals surface area contributed by atoms with Gasteiger partial charge in [0.2, 0.25) is 0 Å². The number of aromatic hydroxyl groups is 1. The number of benzene rings is 3. The summed E-state index contributed by atoms with van der Waals surface area (Å²) >= 11 is 1.68. The lowest BCUT2D eigenvalue weighted by molar-refractivity contribution is -0.118. The summed E-state index contributed by atoms with van der Waals surface area (Å²) in [6.45, 7) is 4.82. The van der Waals surface area contributed by atoms with E-state index in [1.807, 2.05) is 36.4 Å². The molecule has 2 heterocycles. The molecule has 3 aromatic carbocycles. The van der Waals surface area contributed by atoms with E-state index < -0.39 is 0 Å². The van der Waals surface area contributed by atoms with Gasteiger partial charge in [-0.3, -0.25) is 9.69 Å². The summed E-state index contributed by atoms with van der Waals surface area (Å²) < 4.78 is 12.4. The number of carbonyl (C=O) groups is 1.